The van der Waals surface area contributed by atoms with Gasteiger partial charge in [0.1, 0.15) is 52.3 Å². The van der Waals surface area contributed by atoms with E-state index >= 15 is 0 Å². The van der Waals surface area contributed by atoms with Gasteiger partial charge in [-0.1, -0.05) is 19.6 Å². The van der Waals surface area contributed by atoms with Crippen molar-refractivity contribution in [1.82, 2.24) is 0 Å². The van der Waals surface area contributed by atoms with E-state index in [2.05, 4.69) is 0 Å². The number of carboxylic acids is 2. The summed E-state index contributed by atoms with van der Waals surface area (Å²) >= 11 is 0. The van der Waals surface area contributed by atoms with Crippen LogP contribution in [0.4, 0.5) is 51.7 Å². The molecule has 0 heterocycles. The van der Waals surface area contributed by atoms with Gasteiger partial charge in [0.2, 0.25) is 0 Å². The van der Waals surface area contributed by atoms with Crippen LogP contribution in [0.2, 0.25) is 0 Å². The molecule has 0 saturated carbocycles. The van der Waals surface area contributed by atoms with Gasteiger partial charge in [0.05, 0.1) is 7.11 Å². The highest BCUT2D eigenvalue weighted by Gasteiger charge is 2.17. The predicted octanol–water partition coefficient (Wildman–Crippen LogP) is 11.5. The van der Waals surface area contributed by atoms with Gasteiger partial charge in [0.25, 0.3) is 0 Å². The standard InChI is InChI=1S/C23H16F2N2O3.C22H14F2N2O2.CH4/c1-30-22-13-21(7-2-15(22)12-16(14-26)23(28)29)27(19-8-3-17(24)4-9-19)20-10-5-18(25)6-11-20;23-17-3-9-20(10-4-17)26(21-11-5-18(24)6-12-21)19-7-1-15(2-8-19)13-16(14-25)22(27)28;/h2-13H,1H3,(H,28,29);1-13H,(H,27,28);1H4/b16-12+;16-13+;. The second kappa shape index (κ2) is 20.1. The summed E-state index contributed by atoms with van der Waals surface area (Å²) in [4.78, 5) is 25.7. The molecule has 296 valence electrons. The Morgan fingerprint density at radius 1 is 0.525 bits per heavy atom. The Bertz CT molecular complexity index is 2460. The van der Waals surface area contributed by atoms with Crippen LogP contribution in [-0.4, -0.2) is 29.3 Å². The van der Waals surface area contributed by atoms with E-state index in [0.29, 0.717) is 51.0 Å². The molecule has 0 aromatic heterocycles. The van der Waals surface area contributed by atoms with Crippen LogP contribution in [0.1, 0.15) is 18.6 Å². The van der Waals surface area contributed by atoms with E-state index in [1.807, 2.05) is 0 Å². The van der Waals surface area contributed by atoms with Gasteiger partial charge in [0, 0.05) is 45.8 Å². The fourth-order valence-corrected chi connectivity index (χ4v) is 5.54. The Kier molecular flexibility index (Phi) is 14.9. The molecule has 6 aromatic rings. The Morgan fingerprint density at radius 3 is 1.15 bits per heavy atom. The molecule has 0 aliphatic rings. The number of rotatable bonds is 11. The topological polar surface area (TPSA) is 138 Å². The quantitative estimate of drug-likeness (QED) is 0.0745. The molecule has 0 atom stereocenters. The summed E-state index contributed by atoms with van der Waals surface area (Å²) in [5.74, 6) is -3.85. The largest absolute Gasteiger partial charge is 0.496 e. The van der Waals surface area contributed by atoms with Crippen molar-refractivity contribution < 1.29 is 42.1 Å². The number of aliphatic carboxylic acids is 2. The summed E-state index contributed by atoms with van der Waals surface area (Å²) < 4.78 is 58.9. The number of carboxylic acid groups (broad SMARTS) is 2. The van der Waals surface area contributed by atoms with Crippen LogP contribution in [-0.2, 0) is 9.59 Å². The van der Waals surface area contributed by atoms with Crippen LogP contribution in [0.5, 0.6) is 5.75 Å². The number of hydrogen-bond acceptors (Lipinski definition) is 7. The van der Waals surface area contributed by atoms with E-state index in [-0.39, 0.29) is 24.6 Å². The lowest BCUT2D eigenvalue weighted by molar-refractivity contribution is -0.133. The summed E-state index contributed by atoms with van der Waals surface area (Å²) in [6.07, 6.45) is 2.48. The van der Waals surface area contributed by atoms with Gasteiger partial charge in [-0.3, -0.25) is 0 Å². The molecule has 6 rings (SSSR count). The summed E-state index contributed by atoms with van der Waals surface area (Å²) in [7, 11) is 1.42. The SMILES string of the molecule is C.COc1cc(N(c2ccc(F)cc2)c2ccc(F)cc2)ccc1/C=C(\C#N)C(=O)O.N#C/C(=C\c1ccc(N(c2ccc(F)cc2)c2ccc(F)cc2)cc1)C(=O)O. The molecular weight excluding hydrogens is 765 g/mol. The number of hydrogen-bond donors (Lipinski definition) is 2. The monoisotopic (exact) mass is 798 g/mol. The van der Waals surface area contributed by atoms with E-state index in [1.165, 1.54) is 67.8 Å². The molecule has 0 radical (unpaired) electrons. The third-order valence-corrected chi connectivity index (χ3v) is 8.28. The van der Waals surface area contributed by atoms with Crippen LogP contribution in [0, 0.1) is 45.9 Å². The predicted molar refractivity (Wildman–Crippen MR) is 218 cm³/mol. The van der Waals surface area contributed by atoms with Crippen molar-refractivity contribution in [1.29, 1.82) is 10.5 Å². The molecule has 0 aliphatic carbocycles. The molecule has 0 unspecified atom stereocenters. The minimum absolute atomic E-state index is 0. The van der Waals surface area contributed by atoms with E-state index in [0.717, 1.165) is 0 Å². The second-order valence-electron chi connectivity index (χ2n) is 12.0. The Balaban J connectivity index is 0.000000257. The number of nitriles is 2. The Hall–Kier alpha value is -8.16. The molecule has 0 fully saturated rings. The molecule has 0 saturated heterocycles. The lowest BCUT2D eigenvalue weighted by Gasteiger charge is -2.26. The van der Waals surface area contributed by atoms with Gasteiger partial charge in [0.15, 0.2) is 0 Å². The molecule has 0 spiro atoms. The van der Waals surface area contributed by atoms with Crippen LogP contribution >= 0.6 is 0 Å². The number of benzene rings is 6. The first-order valence-corrected chi connectivity index (χ1v) is 17.0. The summed E-state index contributed by atoms with van der Waals surface area (Å²) in [5.41, 5.74) is 4.02. The maximum Gasteiger partial charge on any atom is 0.346 e. The van der Waals surface area contributed by atoms with E-state index < -0.39 is 29.1 Å². The minimum atomic E-state index is -1.34. The number of carbonyl (C=O) groups is 2. The number of methoxy groups -OCH3 is 1. The van der Waals surface area contributed by atoms with Crippen molar-refractivity contribution in [2.24, 2.45) is 0 Å². The molecular formula is C46H34F4N4O5. The zero-order chi connectivity index (χ0) is 41.8. The lowest BCUT2D eigenvalue weighted by atomic mass is 10.1. The maximum atomic E-state index is 13.4. The summed E-state index contributed by atoms with van der Waals surface area (Å²) in [6, 6.07) is 38.3. The number of ether oxygens (including phenoxy) is 1. The Labute approximate surface area is 337 Å². The lowest BCUT2D eigenvalue weighted by Crippen LogP contribution is -2.10. The highest BCUT2D eigenvalue weighted by Crippen LogP contribution is 2.38. The van der Waals surface area contributed by atoms with Crippen LogP contribution in [0.3, 0.4) is 0 Å². The van der Waals surface area contributed by atoms with Crippen molar-refractivity contribution in [2.75, 3.05) is 16.9 Å². The minimum Gasteiger partial charge on any atom is -0.496 e. The smallest absolute Gasteiger partial charge is 0.346 e. The first-order valence-electron chi connectivity index (χ1n) is 17.0. The van der Waals surface area contributed by atoms with Crippen molar-refractivity contribution in [3.63, 3.8) is 0 Å². The van der Waals surface area contributed by atoms with Crippen LogP contribution < -0.4 is 14.5 Å². The summed E-state index contributed by atoms with van der Waals surface area (Å²) in [6.45, 7) is 0. The maximum absolute atomic E-state index is 13.4. The van der Waals surface area contributed by atoms with E-state index in [4.69, 9.17) is 25.5 Å². The van der Waals surface area contributed by atoms with Gasteiger partial charge in [-0.05, 0) is 139 Å². The van der Waals surface area contributed by atoms with Gasteiger partial charge in [-0.2, -0.15) is 10.5 Å². The molecule has 0 amide bonds. The molecule has 0 bridgehead atoms. The van der Waals surface area contributed by atoms with Crippen molar-refractivity contribution >= 4 is 58.2 Å². The third-order valence-electron chi connectivity index (χ3n) is 8.28. The van der Waals surface area contributed by atoms with Crippen molar-refractivity contribution in [3.8, 4) is 17.9 Å². The third kappa shape index (κ3) is 11.2. The normalized spacial score (nSPS) is 10.8. The van der Waals surface area contributed by atoms with E-state index in [9.17, 15) is 27.2 Å². The van der Waals surface area contributed by atoms with Crippen molar-refractivity contribution in [3.05, 3.63) is 185 Å². The van der Waals surface area contributed by atoms with E-state index in [1.54, 1.807) is 113 Å². The second-order valence-corrected chi connectivity index (χ2v) is 12.0. The highest BCUT2D eigenvalue weighted by molar-refractivity contribution is 5.97. The Morgan fingerprint density at radius 2 is 0.831 bits per heavy atom. The van der Waals surface area contributed by atoms with Gasteiger partial charge in [-0.15, -0.1) is 0 Å². The number of nitrogens with zero attached hydrogens (tertiary/aromatic N) is 4. The molecule has 2 N–H and O–H groups in total. The van der Waals surface area contributed by atoms with Crippen LogP contribution in [0.15, 0.2) is 151 Å². The first-order chi connectivity index (χ1) is 27.9. The molecule has 59 heavy (non-hydrogen) atoms. The fraction of sp³-hybridized carbons (Fsp3) is 0.0435. The van der Waals surface area contributed by atoms with Crippen molar-refractivity contribution in [2.45, 2.75) is 7.43 Å². The number of halogens is 4. The van der Waals surface area contributed by atoms with Gasteiger partial charge in [-0.25, -0.2) is 27.2 Å². The average molecular weight is 799 g/mol. The highest BCUT2D eigenvalue weighted by atomic mass is 19.1. The average Bonchev–Trinajstić information content (AvgIpc) is 3.22. The molecule has 13 heteroatoms. The number of anilines is 6. The molecule has 0 aliphatic heterocycles. The van der Waals surface area contributed by atoms with Gasteiger partial charge < -0.3 is 24.7 Å². The molecule has 6 aromatic carbocycles. The first kappa shape index (κ1) is 43.6. The summed E-state index contributed by atoms with van der Waals surface area (Å²) in [5, 5.41) is 35.9. The molecule has 9 nitrogen and oxygen atoms in total. The van der Waals surface area contributed by atoms with Crippen LogP contribution in [0.25, 0.3) is 12.2 Å². The fourth-order valence-electron chi connectivity index (χ4n) is 5.54. The zero-order valence-electron chi connectivity index (χ0n) is 30.4. The van der Waals surface area contributed by atoms with Gasteiger partial charge >= 0.3 is 11.9 Å². The zero-order valence-corrected chi connectivity index (χ0v) is 30.4.